The smallest absolute Gasteiger partial charge is 0.269 e. The highest BCUT2D eigenvalue weighted by atomic mass is 32.2. The molecule has 0 aliphatic carbocycles. The normalized spacial score (nSPS) is 15.2. The van der Waals surface area contributed by atoms with Crippen LogP contribution in [0.2, 0.25) is 0 Å². The molecule has 1 aliphatic rings. The summed E-state index contributed by atoms with van der Waals surface area (Å²) in [4.78, 5) is 16.2. The minimum atomic E-state index is -0.486. The third-order valence-corrected chi connectivity index (χ3v) is 7.19. The van der Waals surface area contributed by atoms with Gasteiger partial charge >= 0.3 is 0 Å². The molecule has 32 heavy (non-hydrogen) atoms. The summed E-state index contributed by atoms with van der Waals surface area (Å²) in [6.45, 7) is 0. The highest BCUT2D eigenvalue weighted by molar-refractivity contribution is 8.01. The first kappa shape index (κ1) is 20.1. The van der Waals surface area contributed by atoms with Crippen LogP contribution in [0.25, 0.3) is 10.2 Å². The monoisotopic (exact) mass is 458 g/mol. The zero-order valence-electron chi connectivity index (χ0n) is 16.4. The number of rotatable bonds is 4. The molecule has 0 radical (unpaired) electrons. The number of allylic oxidation sites excluding steroid dienone is 1. The number of thiazole rings is 1. The van der Waals surface area contributed by atoms with Crippen LogP contribution < -0.4 is 10.5 Å². The molecule has 1 atom stereocenters. The van der Waals surface area contributed by atoms with Crippen molar-refractivity contribution in [2.24, 2.45) is 5.73 Å². The van der Waals surface area contributed by atoms with E-state index in [2.05, 4.69) is 11.1 Å². The van der Waals surface area contributed by atoms with Crippen LogP contribution in [0.3, 0.4) is 0 Å². The van der Waals surface area contributed by atoms with Crippen molar-refractivity contribution in [2.75, 3.05) is 0 Å². The zero-order chi connectivity index (χ0) is 22.2. The van der Waals surface area contributed by atoms with Gasteiger partial charge < -0.3 is 10.5 Å². The molecular weight excluding hydrogens is 444 g/mol. The zero-order valence-corrected chi connectivity index (χ0v) is 18.0. The van der Waals surface area contributed by atoms with Gasteiger partial charge in [-0.1, -0.05) is 36.0 Å². The predicted octanol–water partition coefficient (Wildman–Crippen LogP) is 5.57. The van der Waals surface area contributed by atoms with Crippen LogP contribution in [0.5, 0.6) is 5.75 Å². The van der Waals surface area contributed by atoms with Gasteiger partial charge in [0.2, 0.25) is 5.88 Å². The summed E-state index contributed by atoms with van der Waals surface area (Å²) in [7, 11) is 0. The Morgan fingerprint density at radius 2 is 1.94 bits per heavy atom. The van der Waals surface area contributed by atoms with Crippen LogP contribution in [0.4, 0.5) is 5.69 Å². The molecule has 1 aliphatic heterocycles. The summed E-state index contributed by atoms with van der Waals surface area (Å²) in [5.41, 5.74) is 8.73. The number of ether oxygens (including phenoxy) is 1. The summed E-state index contributed by atoms with van der Waals surface area (Å²) in [5, 5.41) is 20.8. The predicted molar refractivity (Wildman–Crippen MR) is 123 cm³/mol. The van der Waals surface area contributed by atoms with E-state index in [1.54, 1.807) is 23.5 Å². The number of nitrogens with two attached hydrogens (primary N) is 1. The number of benzene rings is 3. The third-order valence-electron chi connectivity index (χ3n) is 5.10. The maximum absolute atomic E-state index is 11.0. The van der Waals surface area contributed by atoms with Gasteiger partial charge in [0.15, 0.2) is 4.34 Å². The fraction of sp³-hybridized carbons (Fsp3) is 0.0435. The van der Waals surface area contributed by atoms with Gasteiger partial charge in [0.25, 0.3) is 5.69 Å². The molecule has 156 valence electrons. The van der Waals surface area contributed by atoms with Gasteiger partial charge in [-0.15, -0.1) is 11.3 Å². The minimum Gasteiger partial charge on any atom is -0.440 e. The number of nitro benzene ring substituents is 1. The standard InChI is InChI=1S/C23H14N4O3S2/c24-12-17-21(13-5-7-14(8-6-13)27(28)29)16-11-15(9-10-19(16)30-22(17)25)31-23-26-18-3-1-2-4-20(18)32-23/h1-11,21H,25H2. The second kappa shape index (κ2) is 8.00. The van der Waals surface area contributed by atoms with Gasteiger partial charge in [0.1, 0.15) is 17.4 Å². The van der Waals surface area contributed by atoms with E-state index < -0.39 is 10.8 Å². The van der Waals surface area contributed by atoms with Gasteiger partial charge in [-0.2, -0.15) is 5.26 Å². The van der Waals surface area contributed by atoms with E-state index in [1.165, 1.54) is 23.9 Å². The molecule has 0 bridgehead atoms. The Bertz CT molecular complexity index is 1400. The van der Waals surface area contributed by atoms with Crippen molar-refractivity contribution in [3.8, 4) is 11.8 Å². The van der Waals surface area contributed by atoms with Crippen LogP contribution >= 0.6 is 23.1 Å². The van der Waals surface area contributed by atoms with E-state index in [4.69, 9.17) is 10.5 Å². The van der Waals surface area contributed by atoms with Crippen LogP contribution in [0.15, 0.2) is 87.4 Å². The lowest BCUT2D eigenvalue weighted by molar-refractivity contribution is -0.384. The SMILES string of the molecule is N#CC1=C(N)Oc2ccc(Sc3nc4ccccc4s3)cc2C1c1ccc([N+](=O)[O-])cc1. The maximum Gasteiger partial charge on any atom is 0.269 e. The highest BCUT2D eigenvalue weighted by Gasteiger charge is 2.31. The number of hydrogen-bond donors (Lipinski definition) is 1. The lowest BCUT2D eigenvalue weighted by Crippen LogP contribution is -2.21. The molecule has 0 saturated carbocycles. The van der Waals surface area contributed by atoms with Crippen LogP contribution in [-0.2, 0) is 0 Å². The van der Waals surface area contributed by atoms with Gasteiger partial charge in [-0.3, -0.25) is 10.1 Å². The molecule has 4 aromatic rings. The fourth-order valence-corrected chi connectivity index (χ4v) is 5.72. The first-order valence-electron chi connectivity index (χ1n) is 9.53. The second-order valence-electron chi connectivity index (χ2n) is 7.02. The molecule has 2 N–H and O–H groups in total. The Balaban J connectivity index is 1.56. The summed E-state index contributed by atoms with van der Waals surface area (Å²) in [5.74, 6) is 0.105. The Labute approximate surface area is 190 Å². The number of nitrogens with zero attached hydrogens (tertiary/aromatic N) is 3. The van der Waals surface area contributed by atoms with Gasteiger partial charge in [0, 0.05) is 22.6 Å². The molecule has 2 heterocycles. The van der Waals surface area contributed by atoms with Crippen molar-refractivity contribution in [1.29, 1.82) is 5.26 Å². The van der Waals surface area contributed by atoms with E-state index in [9.17, 15) is 15.4 Å². The van der Waals surface area contributed by atoms with Crippen LogP contribution in [0, 0.1) is 21.4 Å². The molecular formula is C23H14N4O3S2. The number of para-hydroxylation sites is 1. The summed E-state index contributed by atoms with van der Waals surface area (Å²) in [6.07, 6.45) is 0. The van der Waals surface area contributed by atoms with E-state index >= 15 is 0 Å². The van der Waals surface area contributed by atoms with Gasteiger partial charge in [-0.25, -0.2) is 4.98 Å². The highest BCUT2D eigenvalue weighted by Crippen LogP contribution is 2.45. The Kier molecular flexibility index (Phi) is 5.01. The quantitative estimate of drug-likeness (QED) is 0.314. The molecule has 1 unspecified atom stereocenters. The summed E-state index contributed by atoms with van der Waals surface area (Å²) < 4.78 is 7.73. The number of hydrogen-bond acceptors (Lipinski definition) is 8. The molecule has 0 saturated heterocycles. The molecule has 3 aromatic carbocycles. The molecule has 1 aromatic heterocycles. The topological polar surface area (TPSA) is 115 Å². The van der Waals surface area contributed by atoms with Gasteiger partial charge in [-0.05, 0) is 35.9 Å². The minimum absolute atomic E-state index is 0.0170. The van der Waals surface area contributed by atoms with E-state index in [1.807, 2.05) is 42.5 Å². The van der Waals surface area contributed by atoms with Crippen LogP contribution in [0.1, 0.15) is 17.0 Å². The maximum atomic E-state index is 11.0. The summed E-state index contributed by atoms with van der Waals surface area (Å²) in [6, 6.07) is 22.0. The lowest BCUT2D eigenvalue weighted by atomic mass is 9.83. The molecule has 5 rings (SSSR count). The van der Waals surface area contributed by atoms with Crippen molar-refractivity contribution in [3.63, 3.8) is 0 Å². The number of aromatic nitrogens is 1. The van der Waals surface area contributed by atoms with E-state index in [0.717, 1.165) is 30.6 Å². The van der Waals surface area contributed by atoms with Crippen molar-refractivity contribution in [3.05, 3.63) is 99.4 Å². The largest absolute Gasteiger partial charge is 0.440 e. The first-order valence-corrected chi connectivity index (χ1v) is 11.2. The Morgan fingerprint density at radius 1 is 1.16 bits per heavy atom. The molecule has 0 amide bonds. The molecule has 7 nitrogen and oxygen atoms in total. The Morgan fingerprint density at radius 3 is 2.66 bits per heavy atom. The number of non-ortho nitro benzene ring substituents is 1. The van der Waals surface area contributed by atoms with Crippen molar-refractivity contribution >= 4 is 39.0 Å². The number of nitro groups is 1. The number of nitriles is 1. The number of fused-ring (bicyclic) bond motifs is 2. The average molecular weight is 459 g/mol. The molecule has 0 spiro atoms. The van der Waals surface area contributed by atoms with E-state index in [0.29, 0.717) is 5.75 Å². The average Bonchev–Trinajstić information content (AvgIpc) is 3.20. The van der Waals surface area contributed by atoms with Crippen molar-refractivity contribution in [2.45, 2.75) is 15.2 Å². The second-order valence-corrected chi connectivity index (χ2v) is 9.37. The molecule has 0 fully saturated rings. The third kappa shape index (κ3) is 3.56. The Hall–Kier alpha value is -3.87. The van der Waals surface area contributed by atoms with Crippen molar-refractivity contribution in [1.82, 2.24) is 4.98 Å². The van der Waals surface area contributed by atoms with E-state index in [-0.39, 0.29) is 17.1 Å². The fourth-order valence-electron chi connectivity index (χ4n) is 3.63. The van der Waals surface area contributed by atoms with Crippen LogP contribution in [-0.4, -0.2) is 9.91 Å². The lowest BCUT2D eigenvalue weighted by Gasteiger charge is -2.26. The van der Waals surface area contributed by atoms with Gasteiger partial charge in [0.05, 0.1) is 21.1 Å². The molecule has 9 heteroatoms. The van der Waals surface area contributed by atoms with Crippen molar-refractivity contribution < 1.29 is 9.66 Å². The first-order chi connectivity index (χ1) is 15.5. The summed E-state index contributed by atoms with van der Waals surface area (Å²) >= 11 is 3.14.